The third-order valence-corrected chi connectivity index (χ3v) is 6.37. The van der Waals surface area contributed by atoms with Gasteiger partial charge in [0.25, 0.3) is 11.7 Å². The van der Waals surface area contributed by atoms with Gasteiger partial charge in [-0.25, -0.2) is 9.18 Å². The number of halogens is 1. The molecule has 2 N–H and O–H groups in total. The number of carboxylic acid groups (broad SMARTS) is 1. The number of carbonyl (C=O) groups is 2. The van der Waals surface area contributed by atoms with Crippen LogP contribution in [0.4, 0.5) is 15.2 Å². The second-order valence-electron chi connectivity index (χ2n) is 7.51. The molecule has 2 heterocycles. The van der Waals surface area contributed by atoms with E-state index in [1.54, 1.807) is 6.07 Å². The molecular formula is C23H19FN4O5S. The van der Waals surface area contributed by atoms with Crippen LogP contribution in [0.2, 0.25) is 0 Å². The lowest BCUT2D eigenvalue weighted by Gasteiger charge is -2.25. The summed E-state index contributed by atoms with van der Waals surface area (Å²) in [6.45, 7) is 5.24. The molecule has 9 nitrogen and oxygen atoms in total. The molecule has 0 amide bonds. The summed E-state index contributed by atoms with van der Waals surface area (Å²) in [5, 5.41) is 23.8. The number of thiazole rings is 1. The molecule has 0 fully saturated rings. The van der Waals surface area contributed by atoms with Gasteiger partial charge in [-0.05, 0) is 56.2 Å². The molecule has 0 aliphatic carbocycles. The molecule has 0 saturated heterocycles. The van der Waals surface area contributed by atoms with Crippen LogP contribution < -0.4 is 4.90 Å². The molecule has 0 aliphatic heterocycles. The fourth-order valence-corrected chi connectivity index (χ4v) is 4.27. The minimum absolute atomic E-state index is 0.0247. The number of rotatable bonds is 7. The van der Waals surface area contributed by atoms with Gasteiger partial charge in [0.15, 0.2) is 5.13 Å². The highest BCUT2D eigenvalue weighted by atomic mass is 32.1. The lowest BCUT2D eigenvalue weighted by molar-refractivity contribution is -0.138. The van der Waals surface area contributed by atoms with Crippen molar-refractivity contribution in [1.29, 1.82) is 0 Å². The molecular weight excluding hydrogens is 463 g/mol. The lowest BCUT2D eigenvalue weighted by atomic mass is 10.0. The van der Waals surface area contributed by atoms with Crippen molar-refractivity contribution in [3.63, 3.8) is 0 Å². The standard InChI is InChI=1S/C23H19FN4O5S/c1-11-5-4-6-16(12(11)2)19-25-21(33-27-19)17(29)18-20(30)26-23(34-18)28(13(3)22(31)32)15-9-7-14(24)8-10-15/h4-10,13,30H,1-3H3,(H,31,32)/t13-/m0/s1. The molecule has 0 saturated carbocycles. The third-order valence-electron chi connectivity index (χ3n) is 5.33. The highest BCUT2D eigenvalue weighted by Gasteiger charge is 2.31. The van der Waals surface area contributed by atoms with Gasteiger partial charge in [0, 0.05) is 11.3 Å². The minimum atomic E-state index is -1.18. The van der Waals surface area contributed by atoms with Crippen molar-refractivity contribution in [3.05, 3.63) is 70.2 Å². The Balaban J connectivity index is 1.70. The monoisotopic (exact) mass is 482 g/mol. The fraction of sp³-hybridized carbons (Fsp3) is 0.174. The first kappa shape index (κ1) is 23.1. The highest BCUT2D eigenvalue weighted by molar-refractivity contribution is 7.18. The van der Waals surface area contributed by atoms with E-state index in [-0.39, 0.29) is 21.7 Å². The normalized spacial score (nSPS) is 11.9. The number of carboxylic acids is 1. The molecule has 0 spiro atoms. The lowest BCUT2D eigenvalue weighted by Crippen LogP contribution is -2.35. The molecule has 2 aromatic carbocycles. The van der Waals surface area contributed by atoms with Crippen molar-refractivity contribution in [2.24, 2.45) is 0 Å². The van der Waals surface area contributed by atoms with Crippen molar-refractivity contribution in [1.82, 2.24) is 15.1 Å². The van der Waals surface area contributed by atoms with Crippen LogP contribution in [0.1, 0.15) is 33.6 Å². The Morgan fingerprint density at radius 1 is 1.12 bits per heavy atom. The molecule has 174 valence electrons. The number of aryl methyl sites for hydroxylation is 1. The number of aliphatic carboxylic acids is 1. The van der Waals surface area contributed by atoms with E-state index in [1.807, 2.05) is 26.0 Å². The van der Waals surface area contributed by atoms with Gasteiger partial charge in [-0.2, -0.15) is 9.97 Å². The third kappa shape index (κ3) is 4.25. The van der Waals surface area contributed by atoms with Gasteiger partial charge >= 0.3 is 5.97 Å². The Hall–Kier alpha value is -4.12. The molecule has 1 atom stereocenters. The zero-order valence-electron chi connectivity index (χ0n) is 18.3. The van der Waals surface area contributed by atoms with E-state index >= 15 is 0 Å². The van der Waals surface area contributed by atoms with Crippen LogP contribution in [0.15, 0.2) is 47.0 Å². The SMILES string of the molecule is Cc1cccc(-c2noc(C(=O)c3sc(N(c4ccc(F)cc4)[C@@H](C)C(=O)O)nc3O)n2)c1C. The van der Waals surface area contributed by atoms with Gasteiger partial charge in [0.2, 0.25) is 11.7 Å². The van der Waals surface area contributed by atoms with Crippen LogP contribution >= 0.6 is 11.3 Å². The molecule has 2 aromatic heterocycles. The topological polar surface area (TPSA) is 130 Å². The van der Waals surface area contributed by atoms with Crippen molar-refractivity contribution >= 4 is 33.9 Å². The molecule has 0 aliphatic rings. The molecule has 0 unspecified atom stereocenters. The summed E-state index contributed by atoms with van der Waals surface area (Å²) >= 11 is 0.756. The number of anilines is 2. The Morgan fingerprint density at radius 3 is 2.50 bits per heavy atom. The summed E-state index contributed by atoms with van der Waals surface area (Å²) < 4.78 is 18.5. The van der Waals surface area contributed by atoms with Crippen molar-refractivity contribution in [2.75, 3.05) is 4.90 Å². The van der Waals surface area contributed by atoms with Gasteiger partial charge in [0.05, 0.1) is 0 Å². The number of aromatic hydroxyl groups is 1. The van der Waals surface area contributed by atoms with Crippen LogP contribution in [0.25, 0.3) is 11.4 Å². The van der Waals surface area contributed by atoms with Crippen molar-refractivity contribution in [2.45, 2.75) is 26.8 Å². The molecule has 4 rings (SSSR count). The summed E-state index contributed by atoms with van der Waals surface area (Å²) in [6, 6.07) is 9.55. The largest absolute Gasteiger partial charge is 0.492 e. The van der Waals surface area contributed by atoms with E-state index in [9.17, 15) is 24.2 Å². The Morgan fingerprint density at radius 2 is 1.82 bits per heavy atom. The molecule has 11 heteroatoms. The zero-order valence-corrected chi connectivity index (χ0v) is 19.1. The second kappa shape index (κ2) is 9.02. The summed E-state index contributed by atoms with van der Waals surface area (Å²) in [7, 11) is 0. The maximum Gasteiger partial charge on any atom is 0.326 e. The Kier molecular flexibility index (Phi) is 6.12. The molecule has 0 bridgehead atoms. The van der Waals surface area contributed by atoms with Gasteiger partial charge < -0.3 is 19.6 Å². The van der Waals surface area contributed by atoms with Crippen LogP contribution in [0, 0.1) is 19.7 Å². The number of hydrogen-bond acceptors (Lipinski definition) is 9. The number of aromatic nitrogens is 3. The zero-order chi connectivity index (χ0) is 24.6. The summed E-state index contributed by atoms with van der Waals surface area (Å²) in [5.41, 5.74) is 2.98. The number of hydrogen-bond donors (Lipinski definition) is 2. The molecule has 4 aromatic rings. The van der Waals surface area contributed by atoms with Crippen molar-refractivity contribution in [3.8, 4) is 17.3 Å². The fourth-order valence-electron chi connectivity index (χ4n) is 3.28. The summed E-state index contributed by atoms with van der Waals surface area (Å²) in [4.78, 5) is 33.9. The summed E-state index contributed by atoms with van der Waals surface area (Å²) in [6.07, 6.45) is 0. The predicted octanol–water partition coefficient (Wildman–Crippen LogP) is 4.50. The van der Waals surface area contributed by atoms with Crippen LogP contribution in [-0.2, 0) is 4.79 Å². The second-order valence-corrected chi connectivity index (χ2v) is 8.49. The average molecular weight is 482 g/mol. The Labute approximate surface area is 197 Å². The van der Waals surface area contributed by atoms with Crippen molar-refractivity contribution < 1.29 is 28.7 Å². The van der Waals surface area contributed by atoms with E-state index in [4.69, 9.17) is 4.52 Å². The van der Waals surface area contributed by atoms with E-state index in [2.05, 4.69) is 15.1 Å². The minimum Gasteiger partial charge on any atom is -0.492 e. The summed E-state index contributed by atoms with van der Waals surface area (Å²) in [5.74, 6) is -3.17. The maximum atomic E-state index is 13.4. The molecule has 34 heavy (non-hydrogen) atoms. The molecule has 0 radical (unpaired) electrons. The number of nitrogens with zero attached hydrogens (tertiary/aromatic N) is 4. The number of carbonyl (C=O) groups excluding carboxylic acids is 1. The Bertz CT molecular complexity index is 1380. The van der Waals surface area contributed by atoms with E-state index in [0.717, 1.165) is 22.5 Å². The average Bonchev–Trinajstić information content (AvgIpc) is 3.44. The first-order valence-electron chi connectivity index (χ1n) is 10.1. The smallest absolute Gasteiger partial charge is 0.326 e. The van der Waals surface area contributed by atoms with Gasteiger partial charge in [-0.3, -0.25) is 4.79 Å². The van der Waals surface area contributed by atoms with Crippen LogP contribution in [0.5, 0.6) is 5.88 Å². The first-order chi connectivity index (χ1) is 16.2. The van der Waals surface area contributed by atoms with Gasteiger partial charge in [-0.1, -0.05) is 34.7 Å². The quantitative estimate of drug-likeness (QED) is 0.366. The van der Waals surface area contributed by atoms with E-state index in [0.29, 0.717) is 11.3 Å². The first-order valence-corrected chi connectivity index (χ1v) is 10.9. The van der Waals surface area contributed by atoms with E-state index < -0.39 is 29.5 Å². The predicted molar refractivity (Wildman–Crippen MR) is 122 cm³/mol. The van der Waals surface area contributed by atoms with Gasteiger partial charge in [0.1, 0.15) is 16.7 Å². The number of benzene rings is 2. The van der Waals surface area contributed by atoms with Gasteiger partial charge in [-0.15, -0.1) is 0 Å². The highest BCUT2D eigenvalue weighted by Crippen LogP contribution is 2.37. The van der Waals surface area contributed by atoms with Crippen LogP contribution in [0.3, 0.4) is 0 Å². The maximum absolute atomic E-state index is 13.4. The van der Waals surface area contributed by atoms with E-state index in [1.165, 1.54) is 36.1 Å². The number of ketones is 1. The van der Waals surface area contributed by atoms with Crippen LogP contribution in [-0.4, -0.2) is 43.1 Å².